The highest BCUT2D eigenvalue weighted by Crippen LogP contribution is 2.25. The molecule has 0 fully saturated rings. The molecule has 4 N–H and O–H groups in total. The lowest BCUT2D eigenvalue weighted by Gasteiger charge is -2.06. The number of nitrogens with one attached hydrogen (secondary N) is 2. The number of nitrogens with two attached hydrogens (primary N) is 1. The van der Waals surface area contributed by atoms with Gasteiger partial charge in [-0.1, -0.05) is 0 Å². The van der Waals surface area contributed by atoms with Crippen LogP contribution >= 0.6 is 22.7 Å². The van der Waals surface area contributed by atoms with Gasteiger partial charge in [0.15, 0.2) is 10.8 Å². The van der Waals surface area contributed by atoms with Gasteiger partial charge in [-0.25, -0.2) is 24.0 Å². The zero-order valence-corrected chi connectivity index (χ0v) is 13.3. The minimum atomic E-state index is -3.77. The molecule has 0 aliphatic heterocycles. The maximum Gasteiger partial charge on any atom is 0.260 e. The lowest BCUT2D eigenvalue weighted by molar-refractivity contribution is 0.576. The molecule has 0 amide bonds. The minimum Gasteiger partial charge on any atom is -0.306 e. The lowest BCUT2D eigenvalue weighted by atomic mass is 10.5. The summed E-state index contributed by atoms with van der Waals surface area (Å²) in [6.07, 6.45) is 1.63. The Kier molecular flexibility index (Phi) is 3.67. The molecule has 0 aromatic carbocycles. The van der Waals surface area contributed by atoms with E-state index in [1.807, 2.05) is 12.3 Å². The molecule has 8 nitrogen and oxygen atoms in total. The second-order valence-corrected chi connectivity index (χ2v) is 7.77. The Bertz CT molecular complexity index is 878. The van der Waals surface area contributed by atoms with Crippen molar-refractivity contribution >= 4 is 43.5 Å². The standard InChI is InChI=1S/C10H12N6O2S3/c1-6-13-7(5-20-6)4-12-21(17,18)9-8(15-11)14-10-16(9)2-3-19-10/h2-3,5,12,15H,4,11H2,1H3. The van der Waals surface area contributed by atoms with Crippen LogP contribution in [-0.4, -0.2) is 22.8 Å². The van der Waals surface area contributed by atoms with Crippen LogP contribution in [0.2, 0.25) is 0 Å². The molecule has 3 aromatic rings. The molecule has 112 valence electrons. The van der Waals surface area contributed by atoms with Crippen molar-refractivity contribution in [3.63, 3.8) is 0 Å². The molecule has 3 heterocycles. The minimum absolute atomic E-state index is 0.00629. The van der Waals surface area contributed by atoms with E-state index in [1.165, 1.54) is 27.1 Å². The highest BCUT2D eigenvalue weighted by Gasteiger charge is 2.25. The van der Waals surface area contributed by atoms with E-state index in [-0.39, 0.29) is 17.4 Å². The van der Waals surface area contributed by atoms with Gasteiger partial charge in [0.25, 0.3) is 10.0 Å². The SMILES string of the molecule is Cc1nc(CNS(=O)(=O)c2c(NN)nc3sccn23)cs1. The van der Waals surface area contributed by atoms with Crippen molar-refractivity contribution in [1.82, 2.24) is 19.1 Å². The van der Waals surface area contributed by atoms with Crippen molar-refractivity contribution in [2.45, 2.75) is 18.5 Å². The second-order valence-electron chi connectivity index (χ2n) is 4.15. The van der Waals surface area contributed by atoms with Gasteiger partial charge >= 0.3 is 0 Å². The Morgan fingerprint density at radius 3 is 2.86 bits per heavy atom. The normalized spacial score (nSPS) is 12.1. The van der Waals surface area contributed by atoms with Gasteiger partial charge < -0.3 is 5.43 Å². The van der Waals surface area contributed by atoms with Gasteiger partial charge in [0.05, 0.1) is 17.2 Å². The molecule has 3 rings (SSSR count). The van der Waals surface area contributed by atoms with Crippen molar-refractivity contribution in [3.8, 4) is 0 Å². The monoisotopic (exact) mass is 344 g/mol. The van der Waals surface area contributed by atoms with Crippen LogP contribution in [0.3, 0.4) is 0 Å². The third-order valence-electron chi connectivity index (χ3n) is 2.72. The second kappa shape index (κ2) is 5.35. The largest absolute Gasteiger partial charge is 0.306 e. The van der Waals surface area contributed by atoms with Crippen LogP contribution < -0.4 is 16.0 Å². The number of nitrogens with zero attached hydrogens (tertiary/aromatic N) is 3. The number of anilines is 1. The van der Waals surface area contributed by atoms with E-state index >= 15 is 0 Å². The molecule has 11 heteroatoms. The fourth-order valence-corrected chi connectivity index (χ4v) is 4.47. The van der Waals surface area contributed by atoms with Crippen LogP contribution in [0.1, 0.15) is 10.7 Å². The molecular weight excluding hydrogens is 332 g/mol. The molecule has 21 heavy (non-hydrogen) atoms. The molecular formula is C10H12N6O2S3. The highest BCUT2D eigenvalue weighted by atomic mass is 32.2. The summed E-state index contributed by atoms with van der Waals surface area (Å²) in [5.41, 5.74) is 3.00. The molecule has 0 bridgehead atoms. The predicted octanol–water partition coefficient (Wildman–Crippen LogP) is 0.925. The average molecular weight is 344 g/mol. The van der Waals surface area contributed by atoms with Crippen LogP contribution in [0.25, 0.3) is 4.96 Å². The maximum atomic E-state index is 12.5. The Labute approximate surface area is 128 Å². The molecule has 0 saturated carbocycles. The summed E-state index contributed by atoms with van der Waals surface area (Å²) >= 11 is 2.79. The first-order valence-electron chi connectivity index (χ1n) is 5.84. The van der Waals surface area contributed by atoms with Gasteiger partial charge in [0.2, 0.25) is 5.03 Å². The first kappa shape index (κ1) is 14.4. The number of hydrazine groups is 1. The Hall–Kier alpha value is -1.53. The van der Waals surface area contributed by atoms with Crippen molar-refractivity contribution in [1.29, 1.82) is 0 Å². The highest BCUT2D eigenvalue weighted by molar-refractivity contribution is 7.89. The van der Waals surface area contributed by atoms with Crippen LogP contribution in [0.15, 0.2) is 22.0 Å². The summed E-state index contributed by atoms with van der Waals surface area (Å²) in [4.78, 5) is 8.90. The molecule has 0 saturated heterocycles. The van der Waals surface area contributed by atoms with Gasteiger partial charge in [0, 0.05) is 17.0 Å². The molecule has 0 radical (unpaired) electrons. The van der Waals surface area contributed by atoms with E-state index < -0.39 is 10.0 Å². The number of hydrogen-bond donors (Lipinski definition) is 3. The van der Waals surface area contributed by atoms with Crippen LogP contribution in [0.4, 0.5) is 5.82 Å². The number of aryl methyl sites for hydroxylation is 1. The number of thiazole rings is 2. The molecule has 3 aromatic heterocycles. The van der Waals surface area contributed by atoms with E-state index in [1.54, 1.807) is 11.6 Å². The summed E-state index contributed by atoms with van der Waals surface area (Å²) < 4.78 is 28.9. The van der Waals surface area contributed by atoms with E-state index in [9.17, 15) is 8.42 Å². The van der Waals surface area contributed by atoms with Crippen molar-refractivity contribution in [2.24, 2.45) is 5.84 Å². The summed E-state index contributed by atoms with van der Waals surface area (Å²) in [7, 11) is -3.77. The van der Waals surface area contributed by atoms with Crippen LogP contribution in [0, 0.1) is 6.92 Å². The first-order chi connectivity index (χ1) is 10.0. The Morgan fingerprint density at radius 2 is 2.19 bits per heavy atom. The lowest BCUT2D eigenvalue weighted by Crippen LogP contribution is -2.26. The predicted molar refractivity (Wildman–Crippen MR) is 81.8 cm³/mol. The number of imidazole rings is 1. The topological polar surface area (TPSA) is 114 Å². The van der Waals surface area contributed by atoms with Gasteiger partial charge in [-0.05, 0) is 6.92 Å². The quantitative estimate of drug-likeness (QED) is 0.468. The number of fused-ring (bicyclic) bond motifs is 1. The molecule has 0 atom stereocenters. The third kappa shape index (κ3) is 2.65. The summed E-state index contributed by atoms with van der Waals surface area (Å²) in [6.45, 7) is 1.99. The van der Waals surface area contributed by atoms with Gasteiger partial charge in [0.1, 0.15) is 0 Å². The van der Waals surface area contributed by atoms with Crippen molar-refractivity contribution in [3.05, 3.63) is 27.7 Å². The van der Waals surface area contributed by atoms with Crippen molar-refractivity contribution < 1.29 is 8.42 Å². The molecule has 0 aliphatic carbocycles. The van der Waals surface area contributed by atoms with Crippen LogP contribution in [-0.2, 0) is 16.6 Å². The number of nitrogen functional groups attached to an aromatic ring is 1. The summed E-state index contributed by atoms with van der Waals surface area (Å²) in [5.74, 6) is 5.47. The first-order valence-corrected chi connectivity index (χ1v) is 9.08. The fourth-order valence-electron chi connectivity index (χ4n) is 1.84. The number of sulfonamides is 1. The number of hydrogen-bond acceptors (Lipinski definition) is 8. The molecule has 0 aliphatic rings. The zero-order chi connectivity index (χ0) is 15.0. The average Bonchev–Trinajstić information content (AvgIpc) is 3.10. The third-order valence-corrected chi connectivity index (χ3v) is 5.72. The Morgan fingerprint density at radius 1 is 1.38 bits per heavy atom. The molecule has 0 unspecified atom stereocenters. The van der Waals surface area contributed by atoms with Crippen LogP contribution in [0.5, 0.6) is 0 Å². The Balaban J connectivity index is 1.94. The fraction of sp³-hybridized carbons (Fsp3) is 0.200. The van der Waals surface area contributed by atoms with E-state index in [4.69, 9.17) is 5.84 Å². The number of aromatic nitrogens is 3. The van der Waals surface area contributed by atoms with Crippen molar-refractivity contribution in [2.75, 3.05) is 5.43 Å². The van der Waals surface area contributed by atoms with Gasteiger partial charge in [-0.2, -0.15) is 4.98 Å². The summed E-state index contributed by atoms with van der Waals surface area (Å²) in [6, 6.07) is 0. The van der Waals surface area contributed by atoms with E-state index in [0.717, 1.165) is 5.01 Å². The smallest absolute Gasteiger partial charge is 0.260 e. The summed E-state index contributed by atoms with van der Waals surface area (Å²) in [5, 5.41) is 4.45. The van der Waals surface area contributed by atoms with E-state index in [2.05, 4.69) is 20.1 Å². The molecule has 0 spiro atoms. The zero-order valence-electron chi connectivity index (χ0n) is 10.9. The van der Waals surface area contributed by atoms with Gasteiger partial charge in [-0.15, -0.1) is 22.7 Å². The number of rotatable bonds is 5. The van der Waals surface area contributed by atoms with E-state index in [0.29, 0.717) is 10.7 Å². The van der Waals surface area contributed by atoms with Gasteiger partial charge in [-0.3, -0.25) is 4.40 Å². The maximum absolute atomic E-state index is 12.5.